The van der Waals surface area contributed by atoms with Crippen molar-refractivity contribution in [3.63, 3.8) is 0 Å². The van der Waals surface area contributed by atoms with E-state index in [-0.39, 0.29) is 17.5 Å². The van der Waals surface area contributed by atoms with Gasteiger partial charge in [-0.3, -0.25) is 4.79 Å². The van der Waals surface area contributed by atoms with Crippen LogP contribution in [0, 0.1) is 17.3 Å². The van der Waals surface area contributed by atoms with Crippen molar-refractivity contribution < 1.29 is 4.79 Å². The third-order valence-electron chi connectivity index (χ3n) is 11.6. The van der Waals surface area contributed by atoms with E-state index >= 15 is 0 Å². The number of rotatable bonds is 17. The third kappa shape index (κ3) is 10.5. The first kappa shape index (κ1) is 42.6. The number of fused-ring (bicyclic) bond motifs is 1. The van der Waals surface area contributed by atoms with Gasteiger partial charge in [0.2, 0.25) is 6.41 Å². The minimum atomic E-state index is -0.392. The van der Waals surface area contributed by atoms with Crippen LogP contribution in [0.2, 0.25) is 0 Å². The molecule has 6 nitrogen and oxygen atoms in total. The number of benzene rings is 2. The number of carbonyl (C=O) groups is 1. The highest BCUT2D eigenvalue weighted by Crippen LogP contribution is 2.50. The van der Waals surface area contributed by atoms with Gasteiger partial charge in [0.1, 0.15) is 0 Å². The summed E-state index contributed by atoms with van der Waals surface area (Å²) < 4.78 is 0. The van der Waals surface area contributed by atoms with Gasteiger partial charge in [-0.2, -0.15) is 0 Å². The van der Waals surface area contributed by atoms with Crippen LogP contribution in [0.4, 0.5) is 0 Å². The number of hydrogen-bond donors (Lipinski definition) is 2. The summed E-state index contributed by atoms with van der Waals surface area (Å²) in [5.74, 6) is 0.608. The molecule has 3 aliphatic rings. The Morgan fingerprint density at radius 1 is 1.15 bits per heavy atom. The van der Waals surface area contributed by atoms with E-state index < -0.39 is 5.54 Å². The van der Waals surface area contributed by atoms with Crippen molar-refractivity contribution in [2.24, 2.45) is 23.0 Å². The van der Waals surface area contributed by atoms with Crippen LogP contribution in [-0.4, -0.2) is 57.7 Å². The van der Waals surface area contributed by atoms with Gasteiger partial charge in [0, 0.05) is 52.8 Å². The fourth-order valence-corrected chi connectivity index (χ4v) is 9.58. The summed E-state index contributed by atoms with van der Waals surface area (Å²) in [6.45, 7) is 25.3. The van der Waals surface area contributed by atoms with Crippen molar-refractivity contribution in [3.05, 3.63) is 115 Å². The normalized spacial score (nSPS) is 22.5. The molecule has 2 heterocycles. The second-order valence-electron chi connectivity index (χ2n) is 17.1. The topological polar surface area (TPSA) is 74.5 Å². The first-order valence-corrected chi connectivity index (χ1v) is 22.7. The molecule has 1 aromatic heterocycles. The summed E-state index contributed by atoms with van der Waals surface area (Å²) in [7, 11) is 4.53. The molecular formula is C47H66N5OPS. The fourth-order valence-electron chi connectivity index (χ4n) is 8.35. The third-order valence-corrected chi connectivity index (χ3v) is 13.6. The molecule has 6 rings (SSSR count). The Bertz CT molecular complexity index is 1850. The van der Waals surface area contributed by atoms with Crippen molar-refractivity contribution in [1.29, 1.82) is 0 Å². The molecule has 8 heteroatoms. The molecule has 2 aliphatic carbocycles. The Hall–Kier alpha value is -3.54. The standard InChI is InChI=1S/C44H59N5O.C3H7PS/c1-10-12-13-17-20-37-27-44(37,32(5)45)47-30(3)41-25-34(28-49(41)31(4)42(43(6,7)8)48(9)29-50)23-36-26-39(35-18-15-14-16-19-35)46-40-24-33(11-2)21-22-38(36)40;4-5-3-1-2-3/h14-22,24,26,29,34,37,41-42,47H,3-5,10-13,23,25,27-28,45H2,1-2,6-9H3;3H,1-2,4H2/b20-17-;/t34-,37?,41?,42?,44+;/m1./s1. The number of hydrogen-bond acceptors (Lipinski definition) is 6. The maximum atomic E-state index is 12.2. The summed E-state index contributed by atoms with van der Waals surface area (Å²) in [6.07, 6.45) is 15.5. The summed E-state index contributed by atoms with van der Waals surface area (Å²) in [5, 5.41) is 6.03. The number of likely N-dealkylation sites (N-methyl/N-ethyl adjacent to an activating group) is 1. The maximum Gasteiger partial charge on any atom is 0.210 e. The molecule has 1 amide bonds. The molecule has 1 saturated heterocycles. The number of aryl methyl sites for hydroxylation is 1. The maximum absolute atomic E-state index is 12.2. The molecule has 0 spiro atoms. The summed E-state index contributed by atoms with van der Waals surface area (Å²) in [4.78, 5) is 21.5. The summed E-state index contributed by atoms with van der Waals surface area (Å²) in [5.41, 5.74) is 14.2. The van der Waals surface area contributed by atoms with E-state index in [0.29, 0.717) is 17.5 Å². The van der Waals surface area contributed by atoms with E-state index in [1.54, 1.807) is 4.90 Å². The van der Waals surface area contributed by atoms with Gasteiger partial charge in [-0.05, 0) is 79.5 Å². The van der Waals surface area contributed by atoms with Gasteiger partial charge >= 0.3 is 0 Å². The molecule has 3 fully saturated rings. The Labute approximate surface area is 338 Å². The molecule has 296 valence electrons. The quantitative estimate of drug-likeness (QED) is 0.0615. The van der Waals surface area contributed by atoms with Crippen LogP contribution in [0.15, 0.2) is 104 Å². The number of nitrogens with two attached hydrogens (primary N) is 1. The molecular weight excluding hydrogens is 714 g/mol. The molecule has 4 unspecified atom stereocenters. The molecule has 3 aromatic rings. The van der Waals surface area contributed by atoms with Crippen molar-refractivity contribution in [1.82, 2.24) is 20.1 Å². The second kappa shape index (κ2) is 18.6. The zero-order valence-corrected chi connectivity index (χ0v) is 36.3. The number of amides is 1. The predicted octanol–water partition coefficient (Wildman–Crippen LogP) is 10.5. The smallest absolute Gasteiger partial charge is 0.210 e. The predicted molar refractivity (Wildman–Crippen MR) is 241 cm³/mol. The molecule has 0 radical (unpaired) electrons. The van der Waals surface area contributed by atoms with Gasteiger partial charge in [-0.15, -0.1) is 11.4 Å². The molecule has 0 bridgehead atoms. The molecule has 1 aliphatic heterocycles. The number of nitrogens with one attached hydrogen (secondary N) is 1. The molecule has 6 atom stereocenters. The minimum Gasteiger partial charge on any atom is -0.401 e. The van der Waals surface area contributed by atoms with Gasteiger partial charge in [0.05, 0.1) is 28.8 Å². The van der Waals surface area contributed by atoms with Crippen LogP contribution in [-0.2, 0) is 17.6 Å². The fraction of sp³-hybridized carbons (Fsp3) is 0.489. The van der Waals surface area contributed by atoms with Gasteiger partial charge in [-0.25, -0.2) is 4.98 Å². The van der Waals surface area contributed by atoms with Crippen molar-refractivity contribution in [2.75, 3.05) is 13.6 Å². The van der Waals surface area contributed by atoms with Crippen LogP contribution < -0.4 is 11.1 Å². The van der Waals surface area contributed by atoms with Crippen LogP contribution in [0.1, 0.15) is 90.7 Å². The van der Waals surface area contributed by atoms with Crippen molar-refractivity contribution >= 4 is 37.1 Å². The Balaban J connectivity index is 0.00000107. The number of unbranched alkanes of at least 4 members (excludes halogenated alkanes) is 2. The monoisotopic (exact) mass is 779 g/mol. The van der Waals surface area contributed by atoms with Crippen LogP contribution in [0.3, 0.4) is 0 Å². The molecule has 3 N–H and O–H groups in total. The molecule has 2 aromatic carbocycles. The van der Waals surface area contributed by atoms with Crippen LogP contribution in [0.25, 0.3) is 22.2 Å². The Morgan fingerprint density at radius 2 is 1.87 bits per heavy atom. The lowest BCUT2D eigenvalue weighted by molar-refractivity contribution is -0.120. The second-order valence-corrected chi connectivity index (χ2v) is 18.9. The SMILES string of the molecule is C=C(N[C@]1(C(=C)N)CC1/C=C\CCCC)C1C[C@@H](Cc2cc(-c3ccccc3)nc3cc(CC)ccc23)CN1C(=C)C(N(C)C=O)C(C)(C)C.PSC1CC1. The van der Waals surface area contributed by atoms with E-state index in [2.05, 4.69) is 134 Å². The largest absolute Gasteiger partial charge is 0.401 e. The first-order valence-electron chi connectivity index (χ1n) is 20.3. The van der Waals surface area contributed by atoms with Gasteiger partial charge in [0.15, 0.2) is 0 Å². The highest BCUT2D eigenvalue weighted by atomic mass is 32.7. The molecule has 2 saturated carbocycles. The number of likely N-dealkylation sites (tertiary alicyclic amines) is 1. The van der Waals surface area contributed by atoms with E-state index in [9.17, 15) is 4.79 Å². The number of nitrogens with zero attached hydrogens (tertiary/aromatic N) is 3. The van der Waals surface area contributed by atoms with E-state index in [4.69, 9.17) is 10.7 Å². The van der Waals surface area contributed by atoms with Crippen LogP contribution >= 0.6 is 19.8 Å². The first-order chi connectivity index (χ1) is 26.3. The van der Waals surface area contributed by atoms with Gasteiger partial charge in [-0.1, -0.05) is 130 Å². The zero-order chi connectivity index (χ0) is 39.9. The van der Waals surface area contributed by atoms with E-state index in [0.717, 1.165) is 78.5 Å². The molecule has 55 heavy (non-hydrogen) atoms. The number of pyridine rings is 1. The number of aromatic nitrogens is 1. The summed E-state index contributed by atoms with van der Waals surface area (Å²) >= 11 is 1.91. The number of carbonyl (C=O) groups excluding carboxylic acids is 1. The van der Waals surface area contributed by atoms with Crippen molar-refractivity contribution in [2.45, 2.75) is 115 Å². The average molecular weight is 780 g/mol. The minimum absolute atomic E-state index is 0.0210. The van der Waals surface area contributed by atoms with Crippen molar-refractivity contribution in [3.8, 4) is 11.3 Å². The van der Waals surface area contributed by atoms with Gasteiger partial charge < -0.3 is 20.9 Å². The number of allylic oxidation sites excluding steroid dienone is 1. The lowest BCUT2D eigenvalue weighted by atomic mass is 9.83. The Kier molecular flexibility index (Phi) is 14.4. The zero-order valence-electron chi connectivity index (χ0n) is 34.3. The highest BCUT2D eigenvalue weighted by Gasteiger charge is 2.55. The van der Waals surface area contributed by atoms with E-state index in [1.165, 1.54) is 42.2 Å². The average Bonchev–Trinajstić information content (AvgIpc) is 4.09. The lowest BCUT2D eigenvalue weighted by Crippen LogP contribution is -2.50. The van der Waals surface area contributed by atoms with Gasteiger partial charge in [0.25, 0.3) is 0 Å². The lowest BCUT2D eigenvalue weighted by Gasteiger charge is -2.43. The van der Waals surface area contributed by atoms with Crippen LogP contribution in [0.5, 0.6) is 0 Å². The highest BCUT2D eigenvalue weighted by molar-refractivity contribution is 8.44. The summed E-state index contributed by atoms with van der Waals surface area (Å²) in [6, 6.07) is 19.3. The Morgan fingerprint density at radius 3 is 2.45 bits per heavy atom. The van der Waals surface area contributed by atoms with E-state index in [1.807, 2.05) is 24.5 Å².